The summed E-state index contributed by atoms with van der Waals surface area (Å²) in [6.07, 6.45) is 3.47. The summed E-state index contributed by atoms with van der Waals surface area (Å²) < 4.78 is 11.9. The van der Waals surface area contributed by atoms with Crippen LogP contribution in [0.25, 0.3) is 0 Å². The number of para-hydroxylation sites is 1. The van der Waals surface area contributed by atoms with E-state index in [1.807, 2.05) is 12.1 Å². The molecule has 4 heteroatoms. The summed E-state index contributed by atoms with van der Waals surface area (Å²) in [6.45, 7) is 7.05. The second-order valence-electron chi connectivity index (χ2n) is 8.71. The van der Waals surface area contributed by atoms with Gasteiger partial charge in [-0.3, -0.25) is 4.79 Å². The Morgan fingerprint density at radius 2 is 2.08 bits per heavy atom. The molecule has 136 valence electrons. The van der Waals surface area contributed by atoms with E-state index in [0.29, 0.717) is 11.8 Å². The maximum Gasteiger partial charge on any atom is 0.217 e. The Morgan fingerprint density at radius 3 is 2.80 bits per heavy atom. The summed E-state index contributed by atoms with van der Waals surface area (Å²) in [5.74, 6) is 2.06. The van der Waals surface area contributed by atoms with Gasteiger partial charge in [0, 0.05) is 25.1 Å². The Labute approximate surface area is 150 Å². The maximum absolute atomic E-state index is 11.9. The standard InChI is InChI=1S/C21H29NO3/c1-13(23)22-19-20(2,3)14-11-16-18(25-10-9-21(16,19)12-14)15-7-5-6-8-17(15)24-4/h5-8,14,16,18-19H,9-12H2,1-4H3,(H,22,23)/t14-,16-,18-,19+,21?/m1/s1. The van der Waals surface area contributed by atoms with E-state index in [9.17, 15) is 4.79 Å². The number of carbonyl (C=O) groups excluding carboxylic acids is 1. The molecule has 1 aromatic carbocycles. The Morgan fingerprint density at radius 1 is 1.32 bits per heavy atom. The molecule has 1 spiro atoms. The number of nitrogens with one attached hydrogen (secondary N) is 1. The first-order valence-electron chi connectivity index (χ1n) is 9.42. The lowest BCUT2D eigenvalue weighted by Gasteiger charge is -2.53. The van der Waals surface area contributed by atoms with E-state index in [-0.39, 0.29) is 28.9 Å². The smallest absolute Gasteiger partial charge is 0.217 e. The third-order valence-corrected chi connectivity index (χ3v) is 7.30. The molecule has 1 N–H and O–H groups in total. The molecule has 4 rings (SSSR count). The van der Waals surface area contributed by atoms with Crippen molar-refractivity contribution in [1.29, 1.82) is 0 Å². The zero-order valence-corrected chi connectivity index (χ0v) is 15.7. The SMILES string of the molecule is COc1ccccc1[C@H]1OCCC23C[C@@H](C[C@H]12)C(C)(C)[C@@H]3NC(C)=O. The molecule has 2 saturated carbocycles. The average Bonchev–Trinajstić information content (AvgIpc) is 3.07. The molecule has 4 nitrogen and oxygen atoms in total. The summed E-state index contributed by atoms with van der Waals surface area (Å²) in [7, 11) is 1.72. The van der Waals surface area contributed by atoms with Gasteiger partial charge < -0.3 is 14.8 Å². The van der Waals surface area contributed by atoms with Crippen molar-refractivity contribution < 1.29 is 14.3 Å². The highest BCUT2D eigenvalue weighted by Gasteiger charge is 2.68. The van der Waals surface area contributed by atoms with Crippen LogP contribution in [0.3, 0.4) is 0 Å². The molecule has 3 aliphatic rings. The highest BCUT2D eigenvalue weighted by atomic mass is 16.5. The van der Waals surface area contributed by atoms with Crippen molar-refractivity contribution in [2.75, 3.05) is 13.7 Å². The van der Waals surface area contributed by atoms with Gasteiger partial charge >= 0.3 is 0 Å². The van der Waals surface area contributed by atoms with Crippen molar-refractivity contribution in [1.82, 2.24) is 5.32 Å². The number of benzene rings is 1. The fourth-order valence-corrected chi connectivity index (χ4v) is 6.20. The van der Waals surface area contributed by atoms with Gasteiger partial charge in [-0.25, -0.2) is 0 Å². The summed E-state index contributed by atoms with van der Waals surface area (Å²) in [5, 5.41) is 3.33. The van der Waals surface area contributed by atoms with E-state index in [2.05, 4.69) is 31.3 Å². The highest BCUT2D eigenvalue weighted by molar-refractivity contribution is 5.73. The van der Waals surface area contributed by atoms with Gasteiger partial charge in [-0.15, -0.1) is 0 Å². The first-order chi connectivity index (χ1) is 11.9. The fourth-order valence-electron chi connectivity index (χ4n) is 6.20. The number of fused-ring (bicyclic) bond motifs is 1. The molecule has 2 aliphatic carbocycles. The molecule has 1 aliphatic heterocycles. The zero-order chi connectivity index (χ0) is 17.8. The molecule has 1 saturated heterocycles. The van der Waals surface area contributed by atoms with Crippen LogP contribution in [0, 0.1) is 22.7 Å². The minimum atomic E-state index is 0.0576. The minimum absolute atomic E-state index is 0.0576. The van der Waals surface area contributed by atoms with E-state index in [0.717, 1.165) is 24.3 Å². The van der Waals surface area contributed by atoms with Gasteiger partial charge in [0.1, 0.15) is 5.75 Å². The Hall–Kier alpha value is -1.55. The largest absolute Gasteiger partial charge is 0.496 e. The summed E-state index contributed by atoms with van der Waals surface area (Å²) in [6, 6.07) is 8.44. The number of hydrogen-bond acceptors (Lipinski definition) is 3. The Kier molecular flexibility index (Phi) is 3.87. The molecular formula is C21H29NO3. The van der Waals surface area contributed by atoms with Crippen LogP contribution in [0.15, 0.2) is 24.3 Å². The normalized spacial score (nSPS) is 38.2. The second kappa shape index (κ2) is 5.73. The average molecular weight is 343 g/mol. The molecule has 1 heterocycles. The molecule has 25 heavy (non-hydrogen) atoms. The minimum Gasteiger partial charge on any atom is -0.496 e. The van der Waals surface area contributed by atoms with Crippen molar-refractivity contribution in [3.63, 3.8) is 0 Å². The molecule has 1 amide bonds. The molecular weight excluding hydrogens is 314 g/mol. The summed E-state index contributed by atoms with van der Waals surface area (Å²) >= 11 is 0. The van der Waals surface area contributed by atoms with Crippen molar-refractivity contribution in [2.45, 2.75) is 52.2 Å². The van der Waals surface area contributed by atoms with E-state index < -0.39 is 0 Å². The third kappa shape index (κ3) is 2.33. The van der Waals surface area contributed by atoms with Gasteiger partial charge in [-0.1, -0.05) is 32.0 Å². The van der Waals surface area contributed by atoms with Crippen molar-refractivity contribution in [2.24, 2.45) is 22.7 Å². The molecule has 0 radical (unpaired) electrons. The van der Waals surface area contributed by atoms with E-state index in [4.69, 9.17) is 9.47 Å². The van der Waals surface area contributed by atoms with Gasteiger partial charge in [0.2, 0.25) is 5.91 Å². The molecule has 0 aromatic heterocycles. The lowest BCUT2D eigenvalue weighted by atomic mass is 9.58. The molecule has 5 atom stereocenters. The van der Waals surface area contributed by atoms with Crippen LogP contribution in [0.5, 0.6) is 5.75 Å². The van der Waals surface area contributed by atoms with Crippen LogP contribution < -0.4 is 10.1 Å². The van der Waals surface area contributed by atoms with Crippen LogP contribution in [0.4, 0.5) is 0 Å². The van der Waals surface area contributed by atoms with Gasteiger partial charge in [0.15, 0.2) is 0 Å². The van der Waals surface area contributed by atoms with Gasteiger partial charge in [-0.05, 0) is 48.0 Å². The Bertz CT molecular complexity index is 685. The van der Waals surface area contributed by atoms with Crippen molar-refractivity contribution in [3.05, 3.63) is 29.8 Å². The zero-order valence-electron chi connectivity index (χ0n) is 15.7. The van der Waals surface area contributed by atoms with Gasteiger partial charge in [0.05, 0.1) is 13.2 Å². The quantitative estimate of drug-likeness (QED) is 0.910. The van der Waals surface area contributed by atoms with Crippen LogP contribution in [0.1, 0.15) is 51.7 Å². The van der Waals surface area contributed by atoms with Crippen LogP contribution in [-0.4, -0.2) is 25.7 Å². The van der Waals surface area contributed by atoms with Crippen LogP contribution in [-0.2, 0) is 9.53 Å². The Balaban J connectivity index is 1.74. The summed E-state index contributed by atoms with van der Waals surface area (Å²) in [5.41, 5.74) is 1.44. The fraction of sp³-hybridized carbons (Fsp3) is 0.667. The third-order valence-electron chi connectivity index (χ3n) is 7.30. The van der Waals surface area contributed by atoms with Crippen molar-refractivity contribution >= 4 is 5.91 Å². The van der Waals surface area contributed by atoms with Gasteiger partial charge in [0.25, 0.3) is 0 Å². The number of hydrogen-bond donors (Lipinski definition) is 1. The number of methoxy groups -OCH3 is 1. The molecule has 1 unspecified atom stereocenters. The number of rotatable bonds is 3. The van der Waals surface area contributed by atoms with Gasteiger partial charge in [-0.2, -0.15) is 0 Å². The van der Waals surface area contributed by atoms with E-state index in [1.165, 1.54) is 12.8 Å². The predicted molar refractivity (Wildman–Crippen MR) is 96.3 cm³/mol. The molecule has 3 fully saturated rings. The van der Waals surface area contributed by atoms with Crippen LogP contribution in [0.2, 0.25) is 0 Å². The number of carbonyl (C=O) groups is 1. The maximum atomic E-state index is 11.9. The monoisotopic (exact) mass is 343 g/mol. The lowest BCUT2D eigenvalue weighted by Crippen LogP contribution is -2.58. The number of amides is 1. The summed E-state index contributed by atoms with van der Waals surface area (Å²) in [4.78, 5) is 11.9. The predicted octanol–water partition coefficient (Wildman–Crippen LogP) is 3.71. The van der Waals surface area contributed by atoms with Crippen LogP contribution >= 0.6 is 0 Å². The van der Waals surface area contributed by atoms with E-state index >= 15 is 0 Å². The topological polar surface area (TPSA) is 47.6 Å². The van der Waals surface area contributed by atoms with Crippen molar-refractivity contribution in [3.8, 4) is 5.75 Å². The first-order valence-corrected chi connectivity index (χ1v) is 9.42. The molecule has 2 bridgehead atoms. The van der Waals surface area contributed by atoms with E-state index in [1.54, 1.807) is 14.0 Å². The highest BCUT2D eigenvalue weighted by Crippen LogP contribution is 2.70. The number of ether oxygens (including phenoxy) is 2. The second-order valence-corrected chi connectivity index (χ2v) is 8.71. The first kappa shape index (κ1) is 16.9. The lowest BCUT2D eigenvalue weighted by molar-refractivity contribution is -0.136. The molecule has 1 aromatic rings.